The second-order valence-corrected chi connectivity index (χ2v) is 3.61. The van der Waals surface area contributed by atoms with Crippen molar-refractivity contribution >= 4 is 12.0 Å². The highest BCUT2D eigenvalue weighted by Gasteiger charge is 2.15. The van der Waals surface area contributed by atoms with Gasteiger partial charge in [0.25, 0.3) is 0 Å². The minimum absolute atomic E-state index is 0.0631. The predicted octanol–water partition coefficient (Wildman–Crippen LogP) is 2.67. The average molecular weight is 254 g/mol. The van der Waals surface area contributed by atoms with Crippen molar-refractivity contribution in [2.45, 2.75) is 13.3 Å². The molecule has 0 atom stereocenters. The molecule has 1 rings (SSSR count). The average Bonchev–Trinajstić information content (AvgIpc) is 2.31. The van der Waals surface area contributed by atoms with Gasteiger partial charge in [-0.1, -0.05) is 5.73 Å². The van der Waals surface area contributed by atoms with Crippen molar-refractivity contribution < 1.29 is 23.4 Å². The van der Waals surface area contributed by atoms with Gasteiger partial charge in [0.1, 0.15) is 17.9 Å². The van der Waals surface area contributed by atoms with E-state index in [0.29, 0.717) is 0 Å². The van der Waals surface area contributed by atoms with Gasteiger partial charge < -0.3 is 9.84 Å². The molecule has 0 radical (unpaired) electrons. The van der Waals surface area contributed by atoms with Gasteiger partial charge in [-0.15, -0.1) is 0 Å². The van der Waals surface area contributed by atoms with E-state index in [1.54, 1.807) is 0 Å². The van der Waals surface area contributed by atoms with E-state index in [2.05, 4.69) is 10.5 Å². The molecule has 0 fully saturated rings. The van der Waals surface area contributed by atoms with Crippen LogP contribution in [0.15, 0.2) is 18.1 Å². The zero-order valence-electron chi connectivity index (χ0n) is 9.96. The second-order valence-electron chi connectivity index (χ2n) is 3.61. The van der Waals surface area contributed by atoms with Crippen LogP contribution in [-0.2, 0) is 16.0 Å². The van der Waals surface area contributed by atoms with Crippen molar-refractivity contribution in [2.24, 2.45) is 0 Å². The molecule has 0 heterocycles. The predicted molar refractivity (Wildman–Crippen MR) is 62.0 cm³/mol. The van der Waals surface area contributed by atoms with Gasteiger partial charge >= 0.3 is 5.97 Å². The van der Waals surface area contributed by atoms with E-state index in [-0.39, 0.29) is 16.7 Å². The fourth-order valence-corrected chi connectivity index (χ4v) is 1.46. The molecular formula is C13H12F2O3. The van der Waals surface area contributed by atoms with Crippen LogP contribution >= 0.6 is 0 Å². The summed E-state index contributed by atoms with van der Waals surface area (Å²) in [6, 6.07) is 1.16. The normalized spacial score (nSPS) is 9.56. The molecule has 18 heavy (non-hydrogen) atoms. The van der Waals surface area contributed by atoms with Crippen LogP contribution in [0.5, 0.6) is 0 Å². The van der Waals surface area contributed by atoms with Crippen molar-refractivity contribution in [1.29, 1.82) is 0 Å². The smallest absolute Gasteiger partial charge is 0.307 e. The number of hydrogen-bond donors (Lipinski definition) is 1. The number of hydrogen-bond acceptors (Lipinski definition) is 2. The molecule has 0 unspecified atom stereocenters. The molecule has 0 aliphatic carbocycles. The van der Waals surface area contributed by atoms with Gasteiger partial charge in [-0.3, -0.25) is 4.79 Å². The third-order valence-corrected chi connectivity index (χ3v) is 2.29. The van der Waals surface area contributed by atoms with Crippen LogP contribution in [0.1, 0.15) is 16.7 Å². The molecule has 1 aromatic rings. The molecule has 0 bridgehead atoms. The van der Waals surface area contributed by atoms with Crippen LogP contribution in [-0.4, -0.2) is 18.2 Å². The van der Waals surface area contributed by atoms with Gasteiger partial charge in [0.05, 0.1) is 13.5 Å². The quantitative estimate of drug-likeness (QED) is 0.663. The lowest BCUT2D eigenvalue weighted by Crippen LogP contribution is -2.06. The maximum Gasteiger partial charge on any atom is 0.307 e. The zero-order valence-corrected chi connectivity index (χ0v) is 9.96. The van der Waals surface area contributed by atoms with E-state index in [0.717, 1.165) is 6.07 Å². The molecule has 0 saturated carbocycles. The Morgan fingerprint density at radius 3 is 2.72 bits per heavy atom. The highest BCUT2D eigenvalue weighted by molar-refractivity contribution is 5.71. The number of rotatable bonds is 4. The topological polar surface area (TPSA) is 46.5 Å². The van der Waals surface area contributed by atoms with E-state index < -0.39 is 24.0 Å². The first-order valence-corrected chi connectivity index (χ1v) is 5.10. The number of ether oxygens (including phenoxy) is 1. The molecular weight excluding hydrogens is 242 g/mol. The molecule has 0 aliphatic rings. The summed E-state index contributed by atoms with van der Waals surface area (Å²) in [5, 5.41) is 8.64. The Morgan fingerprint density at radius 1 is 1.50 bits per heavy atom. The van der Waals surface area contributed by atoms with Gasteiger partial charge in [0.2, 0.25) is 0 Å². The van der Waals surface area contributed by atoms with Crippen molar-refractivity contribution in [1.82, 2.24) is 0 Å². The summed E-state index contributed by atoms with van der Waals surface area (Å²) in [5.74, 6) is -2.75. The Labute approximate surface area is 103 Å². The summed E-state index contributed by atoms with van der Waals surface area (Å²) in [7, 11) is 1.41. The van der Waals surface area contributed by atoms with Gasteiger partial charge in [-0.25, -0.2) is 8.78 Å². The summed E-state index contributed by atoms with van der Waals surface area (Å²) in [6.45, 7) is 1.26. The molecule has 3 nitrogen and oxygen atoms in total. The van der Waals surface area contributed by atoms with Crippen molar-refractivity contribution in [3.05, 3.63) is 46.4 Å². The summed E-state index contributed by atoms with van der Waals surface area (Å²) in [6.07, 6.45) is 1.97. The van der Waals surface area contributed by atoms with Crippen LogP contribution in [0.3, 0.4) is 0 Å². The SMILES string of the molecule is COC=C=Cc1cc(CC(=O)O)c(F)c(C)c1F. The standard InChI is InChI=1S/C13H12F2O3/c1-8-12(14)9(4-3-5-18-2)6-10(13(8)15)7-11(16)17/h4-6H,7H2,1-2H3,(H,16,17). The van der Waals surface area contributed by atoms with E-state index in [9.17, 15) is 13.6 Å². The first kappa shape index (κ1) is 13.9. The summed E-state index contributed by atoms with van der Waals surface area (Å²) >= 11 is 0. The zero-order chi connectivity index (χ0) is 13.7. The molecule has 5 heteroatoms. The lowest BCUT2D eigenvalue weighted by atomic mass is 10.0. The monoisotopic (exact) mass is 254 g/mol. The molecule has 1 aromatic carbocycles. The van der Waals surface area contributed by atoms with Gasteiger partial charge in [0.15, 0.2) is 0 Å². The van der Waals surface area contributed by atoms with Gasteiger partial charge in [-0.2, -0.15) is 0 Å². The number of halogens is 2. The molecule has 0 saturated heterocycles. The van der Waals surface area contributed by atoms with E-state index in [4.69, 9.17) is 5.11 Å². The van der Waals surface area contributed by atoms with E-state index in [1.807, 2.05) is 0 Å². The Hall–Kier alpha value is -2.13. The first-order chi connectivity index (χ1) is 8.47. The summed E-state index contributed by atoms with van der Waals surface area (Å²) < 4.78 is 31.9. The van der Waals surface area contributed by atoms with Crippen molar-refractivity contribution in [3.63, 3.8) is 0 Å². The number of carboxylic acids is 1. The fraction of sp³-hybridized carbons (Fsp3) is 0.231. The minimum atomic E-state index is -1.18. The molecule has 0 aromatic heterocycles. The van der Waals surface area contributed by atoms with Crippen LogP contribution in [0.25, 0.3) is 6.08 Å². The number of aliphatic carboxylic acids is 1. The number of carbonyl (C=O) groups is 1. The van der Waals surface area contributed by atoms with Crippen molar-refractivity contribution in [3.8, 4) is 0 Å². The van der Waals surface area contributed by atoms with E-state index >= 15 is 0 Å². The minimum Gasteiger partial charge on any atom is -0.496 e. The first-order valence-electron chi connectivity index (χ1n) is 5.10. The summed E-state index contributed by atoms with van der Waals surface area (Å²) in [5.41, 5.74) is 2.33. The Balaban J connectivity index is 3.31. The lowest BCUT2D eigenvalue weighted by molar-refractivity contribution is -0.136. The van der Waals surface area contributed by atoms with Crippen LogP contribution in [0, 0.1) is 18.6 Å². The Kier molecular flexibility index (Phi) is 4.63. The summed E-state index contributed by atoms with van der Waals surface area (Å²) in [4.78, 5) is 10.6. The van der Waals surface area contributed by atoms with Gasteiger partial charge in [0, 0.05) is 11.1 Å². The largest absolute Gasteiger partial charge is 0.496 e. The maximum absolute atomic E-state index is 13.7. The number of methoxy groups -OCH3 is 1. The fourth-order valence-electron chi connectivity index (χ4n) is 1.46. The molecule has 1 N–H and O–H groups in total. The third-order valence-electron chi connectivity index (χ3n) is 2.29. The van der Waals surface area contributed by atoms with Crippen LogP contribution < -0.4 is 0 Å². The Morgan fingerprint density at radius 2 is 2.17 bits per heavy atom. The van der Waals surface area contributed by atoms with Crippen molar-refractivity contribution in [2.75, 3.05) is 7.11 Å². The highest BCUT2D eigenvalue weighted by Crippen LogP contribution is 2.21. The molecule has 0 aliphatic heterocycles. The number of carboxylic acid groups (broad SMARTS) is 1. The second kappa shape index (κ2) is 5.98. The van der Waals surface area contributed by atoms with Crippen LogP contribution in [0.4, 0.5) is 8.78 Å². The van der Waals surface area contributed by atoms with E-state index in [1.165, 1.54) is 26.4 Å². The van der Waals surface area contributed by atoms with Crippen LogP contribution in [0.2, 0.25) is 0 Å². The maximum atomic E-state index is 13.7. The molecule has 0 spiro atoms. The molecule has 96 valence electrons. The lowest BCUT2D eigenvalue weighted by Gasteiger charge is -2.07. The Bertz CT molecular complexity index is 530. The third kappa shape index (κ3) is 3.18. The number of benzene rings is 1. The molecule has 0 amide bonds. The van der Waals surface area contributed by atoms with Gasteiger partial charge in [-0.05, 0) is 24.6 Å². The highest BCUT2D eigenvalue weighted by atomic mass is 19.1.